The van der Waals surface area contributed by atoms with Gasteiger partial charge in [0, 0.05) is 19.6 Å². The molecule has 2 aromatic heterocycles. The van der Waals surface area contributed by atoms with Crippen molar-refractivity contribution in [1.29, 1.82) is 0 Å². The Labute approximate surface area is 192 Å². The van der Waals surface area contributed by atoms with Crippen LogP contribution in [0.1, 0.15) is 5.56 Å². The number of sulfonamides is 1. The van der Waals surface area contributed by atoms with E-state index in [4.69, 9.17) is 4.74 Å². The molecule has 0 radical (unpaired) electrons. The molecule has 1 N–H and O–H groups in total. The third-order valence-corrected chi connectivity index (χ3v) is 7.52. The molecule has 9 nitrogen and oxygen atoms in total. The first-order valence-corrected chi connectivity index (χ1v) is 12.2. The van der Waals surface area contributed by atoms with Gasteiger partial charge in [-0.25, -0.2) is 23.1 Å². The van der Waals surface area contributed by atoms with Crippen molar-refractivity contribution >= 4 is 26.9 Å². The summed E-state index contributed by atoms with van der Waals surface area (Å²) in [7, 11) is -3.48. The van der Waals surface area contributed by atoms with Crippen LogP contribution in [0.3, 0.4) is 0 Å². The van der Waals surface area contributed by atoms with E-state index in [1.54, 1.807) is 23.0 Å². The molecule has 5 rings (SSSR count). The van der Waals surface area contributed by atoms with Crippen LogP contribution in [-0.2, 0) is 21.2 Å². The molecule has 33 heavy (non-hydrogen) atoms. The molecule has 0 aliphatic carbocycles. The molecular weight excluding hydrogens is 440 g/mol. The summed E-state index contributed by atoms with van der Waals surface area (Å²) in [5.41, 5.74) is 2.70. The summed E-state index contributed by atoms with van der Waals surface area (Å²) in [6.07, 6.45) is 4.00. The van der Waals surface area contributed by atoms with Gasteiger partial charge in [0.25, 0.3) is 0 Å². The van der Waals surface area contributed by atoms with Crippen molar-refractivity contribution in [3.05, 3.63) is 72.7 Å². The Hall–Kier alpha value is -3.34. The van der Waals surface area contributed by atoms with Crippen LogP contribution >= 0.6 is 0 Å². The maximum absolute atomic E-state index is 12.8. The summed E-state index contributed by atoms with van der Waals surface area (Å²) in [6, 6.07) is 16.9. The van der Waals surface area contributed by atoms with Crippen LogP contribution in [0, 0.1) is 0 Å². The second-order valence-corrected chi connectivity index (χ2v) is 9.63. The lowest BCUT2D eigenvalue weighted by atomic mass is 10.1. The first-order valence-electron chi connectivity index (χ1n) is 10.8. The van der Waals surface area contributed by atoms with Gasteiger partial charge < -0.3 is 10.1 Å². The largest absolute Gasteiger partial charge is 0.379 e. The average Bonchev–Trinajstić information content (AvgIpc) is 3.31. The Morgan fingerprint density at radius 1 is 0.970 bits per heavy atom. The topological polar surface area (TPSA) is 102 Å². The zero-order valence-electron chi connectivity index (χ0n) is 18.0. The summed E-state index contributed by atoms with van der Waals surface area (Å²) in [6.45, 7) is 2.29. The van der Waals surface area contributed by atoms with E-state index in [0.717, 1.165) is 28.7 Å². The Balaban J connectivity index is 1.25. The predicted octanol–water partition coefficient (Wildman–Crippen LogP) is 2.49. The lowest BCUT2D eigenvalue weighted by molar-refractivity contribution is 0.0730. The number of fused-ring (bicyclic) bond motifs is 1. The van der Waals surface area contributed by atoms with Crippen LogP contribution in [-0.4, -0.2) is 65.3 Å². The van der Waals surface area contributed by atoms with Crippen molar-refractivity contribution in [2.75, 3.05) is 38.2 Å². The summed E-state index contributed by atoms with van der Waals surface area (Å²) in [4.78, 5) is 9.08. The Bertz CT molecular complexity index is 1330. The molecule has 1 aliphatic heterocycles. The lowest BCUT2D eigenvalue weighted by Gasteiger charge is -2.26. The molecule has 0 atom stereocenters. The molecule has 1 aliphatic rings. The van der Waals surface area contributed by atoms with E-state index in [1.807, 2.05) is 42.5 Å². The maximum atomic E-state index is 12.8. The van der Waals surface area contributed by atoms with Gasteiger partial charge in [-0.05, 0) is 36.2 Å². The fourth-order valence-corrected chi connectivity index (χ4v) is 5.24. The summed E-state index contributed by atoms with van der Waals surface area (Å²) in [5.74, 6) is 0.716. The van der Waals surface area contributed by atoms with Crippen LogP contribution in [0.4, 0.5) is 5.82 Å². The molecular formula is C23H24N6O3S. The van der Waals surface area contributed by atoms with Crippen molar-refractivity contribution in [2.45, 2.75) is 11.3 Å². The second kappa shape index (κ2) is 9.26. The quantitative estimate of drug-likeness (QED) is 0.448. The van der Waals surface area contributed by atoms with Crippen molar-refractivity contribution in [1.82, 2.24) is 24.1 Å². The number of para-hydroxylation sites is 1. The third kappa shape index (κ3) is 4.45. The van der Waals surface area contributed by atoms with Crippen LogP contribution < -0.4 is 5.32 Å². The van der Waals surface area contributed by atoms with E-state index < -0.39 is 10.0 Å². The van der Waals surface area contributed by atoms with Crippen LogP contribution in [0.2, 0.25) is 0 Å². The normalized spacial score (nSPS) is 15.0. The molecule has 170 valence electrons. The van der Waals surface area contributed by atoms with Gasteiger partial charge in [0.05, 0.1) is 35.4 Å². The number of aromatic nitrogens is 4. The van der Waals surface area contributed by atoms with Crippen molar-refractivity contribution < 1.29 is 13.2 Å². The fraction of sp³-hybridized carbons (Fsp3) is 0.261. The van der Waals surface area contributed by atoms with Crippen LogP contribution in [0.25, 0.3) is 16.7 Å². The number of ether oxygens (including phenoxy) is 1. The van der Waals surface area contributed by atoms with Gasteiger partial charge >= 0.3 is 0 Å². The first-order chi connectivity index (χ1) is 16.1. The molecule has 4 aromatic rings. The van der Waals surface area contributed by atoms with Gasteiger partial charge in [0.15, 0.2) is 5.65 Å². The lowest BCUT2D eigenvalue weighted by Crippen LogP contribution is -2.40. The SMILES string of the molecule is O=S(=O)(c1ccc(CCNc2ncnc3c2cnn3-c2ccccc2)cc1)N1CCOCC1. The molecule has 3 heterocycles. The molecule has 10 heteroatoms. The monoisotopic (exact) mass is 464 g/mol. The maximum Gasteiger partial charge on any atom is 0.243 e. The van der Waals surface area contributed by atoms with E-state index in [1.165, 1.54) is 10.6 Å². The Morgan fingerprint density at radius 2 is 1.73 bits per heavy atom. The molecule has 1 saturated heterocycles. The number of nitrogens with one attached hydrogen (secondary N) is 1. The molecule has 0 bridgehead atoms. The third-order valence-electron chi connectivity index (χ3n) is 5.60. The minimum atomic E-state index is -3.48. The second-order valence-electron chi connectivity index (χ2n) is 7.69. The molecule has 0 spiro atoms. The Morgan fingerprint density at radius 3 is 2.48 bits per heavy atom. The number of anilines is 1. The number of morpholine rings is 1. The Kier molecular flexibility index (Phi) is 6.03. The van der Waals surface area contributed by atoms with Gasteiger partial charge in [0.2, 0.25) is 10.0 Å². The van der Waals surface area contributed by atoms with E-state index in [9.17, 15) is 8.42 Å². The van der Waals surface area contributed by atoms with Gasteiger partial charge in [-0.1, -0.05) is 30.3 Å². The van der Waals surface area contributed by atoms with Gasteiger partial charge in [-0.3, -0.25) is 0 Å². The number of nitrogens with zero attached hydrogens (tertiary/aromatic N) is 5. The van der Waals surface area contributed by atoms with E-state index in [-0.39, 0.29) is 0 Å². The minimum absolute atomic E-state index is 0.312. The molecule has 1 fully saturated rings. The van der Waals surface area contributed by atoms with E-state index >= 15 is 0 Å². The molecule has 0 amide bonds. The van der Waals surface area contributed by atoms with Crippen LogP contribution in [0.5, 0.6) is 0 Å². The molecule has 0 unspecified atom stereocenters. The minimum Gasteiger partial charge on any atom is -0.379 e. The predicted molar refractivity (Wildman–Crippen MR) is 125 cm³/mol. The first kappa shape index (κ1) is 21.5. The van der Waals surface area contributed by atoms with Crippen molar-refractivity contribution in [3.8, 4) is 5.69 Å². The van der Waals surface area contributed by atoms with Gasteiger partial charge in [-0.2, -0.15) is 9.40 Å². The smallest absolute Gasteiger partial charge is 0.243 e. The van der Waals surface area contributed by atoms with E-state index in [0.29, 0.717) is 43.6 Å². The van der Waals surface area contributed by atoms with Crippen molar-refractivity contribution in [2.24, 2.45) is 0 Å². The van der Waals surface area contributed by atoms with Crippen LogP contribution in [0.15, 0.2) is 72.0 Å². The number of hydrogen-bond donors (Lipinski definition) is 1. The van der Waals surface area contributed by atoms with E-state index in [2.05, 4.69) is 20.4 Å². The highest BCUT2D eigenvalue weighted by molar-refractivity contribution is 7.89. The van der Waals surface area contributed by atoms with Gasteiger partial charge in [0.1, 0.15) is 12.1 Å². The summed E-state index contributed by atoms with van der Waals surface area (Å²) >= 11 is 0. The fourth-order valence-electron chi connectivity index (χ4n) is 3.83. The van der Waals surface area contributed by atoms with Crippen molar-refractivity contribution in [3.63, 3.8) is 0 Å². The highest BCUT2D eigenvalue weighted by Gasteiger charge is 2.26. The molecule has 0 saturated carbocycles. The standard InChI is InChI=1S/C23H24N6O3S/c30-33(31,28-12-14-32-15-13-28)20-8-6-18(7-9-20)10-11-24-22-21-16-27-29(23(21)26-17-25-22)19-4-2-1-3-5-19/h1-9,16-17H,10-15H2,(H,24,25,26). The number of hydrogen-bond acceptors (Lipinski definition) is 7. The highest BCUT2D eigenvalue weighted by atomic mass is 32.2. The highest BCUT2D eigenvalue weighted by Crippen LogP contribution is 2.22. The summed E-state index contributed by atoms with van der Waals surface area (Å²) in [5, 5.41) is 8.66. The number of rotatable bonds is 7. The number of benzene rings is 2. The van der Waals surface area contributed by atoms with Gasteiger partial charge in [-0.15, -0.1) is 0 Å². The molecule has 2 aromatic carbocycles. The zero-order valence-corrected chi connectivity index (χ0v) is 18.8. The summed E-state index contributed by atoms with van der Waals surface area (Å²) < 4.78 is 34.0. The average molecular weight is 465 g/mol. The zero-order chi connectivity index (χ0) is 22.7.